The van der Waals surface area contributed by atoms with Crippen LogP contribution in [-0.2, 0) is 6.54 Å². The van der Waals surface area contributed by atoms with Crippen LogP contribution in [0.4, 0.5) is 4.39 Å². The third-order valence-corrected chi connectivity index (χ3v) is 4.90. The fourth-order valence-corrected chi connectivity index (χ4v) is 3.69. The summed E-state index contributed by atoms with van der Waals surface area (Å²) in [4.78, 5) is 18.7. The first kappa shape index (κ1) is 14.9. The highest BCUT2D eigenvalue weighted by Crippen LogP contribution is 2.36. The Morgan fingerprint density at radius 2 is 2.18 bits per heavy atom. The standard InChI is InChI=1S/C16H12ClFN2OS/c1-20(9-11-4-2-3-7-19-11)16(21)15-14(17)12-6-5-10(18)8-13(12)22-15/h2-8H,9H2,1H3. The topological polar surface area (TPSA) is 33.2 Å². The molecule has 0 N–H and O–H groups in total. The lowest BCUT2D eigenvalue weighted by atomic mass is 10.2. The predicted octanol–water partition coefficient (Wildman–Crippen LogP) is 4.36. The van der Waals surface area contributed by atoms with Crippen LogP contribution in [-0.4, -0.2) is 22.8 Å². The minimum Gasteiger partial charge on any atom is -0.335 e. The normalized spacial score (nSPS) is 10.9. The molecule has 2 heterocycles. The van der Waals surface area contributed by atoms with Gasteiger partial charge in [0.15, 0.2) is 0 Å². The predicted molar refractivity (Wildman–Crippen MR) is 86.8 cm³/mol. The Hall–Kier alpha value is -1.98. The molecule has 0 unspecified atom stereocenters. The molecule has 0 atom stereocenters. The number of carbonyl (C=O) groups excluding carboxylic acids is 1. The van der Waals surface area contributed by atoms with Gasteiger partial charge in [0, 0.05) is 23.3 Å². The van der Waals surface area contributed by atoms with Gasteiger partial charge in [0.2, 0.25) is 0 Å². The summed E-state index contributed by atoms with van der Waals surface area (Å²) in [5, 5.41) is 1.07. The zero-order valence-electron chi connectivity index (χ0n) is 11.7. The molecule has 0 fully saturated rings. The van der Waals surface area contributed by atoms with E-state index in [2.05, 4.69) is 4.98 Å². The number of fused-ring (bicyclic) bond motifs is 1. The lowest BCUT2D eigenvalue weighted by Crippen LogP contribution is -2.26. The van der Waals surface area contributed by atoms with E-state index in [1.165, 1.54) is 23.5 Å². The molecule has 0 saturated heterocycles. The van der Waals surface area contributed by atoms with Crippen molar-refractivity contribution in [2.75, 3.05) is 7.05 Å². The monoisotopic (exact) mass is 334 g/mol. The number of pyridine rings is 1. The molecule has 22 heavy (non-hydrogen) atoms. The number of carbonyl (C=O) groups is 1. The second-order valence-corrected chi connectivity index (χ2v) is 6.30. The van der Waals surface area contributed by atoms with Gasteiger partial charge in [-0.1, -0.05) is 17.7 Å². The molecule has 0 aliphatic rings. The second kappa shape index (κ2) is 6.02. The molecule has 3 aromatic rings. The zero-order valence-corrected chi connectivity index (χ0v) is 13.3. The van der Waals surface area contributed by atoms with Crippen molar-refractivity contribution < 1.29 is 9.18 Å². The van der Waals surface area contributed by atoms with Crippen molar-refractivity contribution >= 4 is 38.9 Å². The maximum atomic E-state index is 13.3. The fraction of sp³-hybridized carbons (Fsp3) is 0.125. The van der Waals surface area contributed by atoms with Crippen LogP contribution in [0.25, 0.3) is 10.1 Å². The average Bonchev–Trinajstić information content (AvgIpc) is 2.83. The van der Waals surface area contributed by atoms with Gasteiger partial charge in [-0.25, -0.2) is 4.39 Å². The summed E-state index contributed by atoms with van der Waals surface area (Å²) in [6, 6.07) is 9.87. The van der Waals surface area contributed by atoms with Gasteiger partial charge in [-0.15, -0.1) is 11.3 Å². The summed E-state index contributed by atoms with van der Waals surface area (Å²) in [5.74, 6) is -0.538. The SMILES string of the molecule is CN(Cc1ccccn1)C(=O)c1sc2cc(F)ccc2c1Cl. The first-order valence-electron chi connectivity index (χ1n) is 6.59. The summed E-state index contributed by atoms with van der Waals surface area (Å²) >= 11 is 7.48. The van der Waals surface area contributed by atoms with E-state index in [1.807, 2.05) is 18.2 Å². The van der Waals surface area contributed by atoms with Crippen LogP contribution in [0.5, 0.6) is 0 Å². The van der Waals surface area contributed by atoms with E-state index >= 15 is 0 Å². The summed E-state index contributed by atoms with van der Waals surface area (Å²) in [6.07, 6.45) is 1.68. The van der Waals surface area contributed by atoms with Crippen LogP contribution in [0, 0.1) is 5.82 Å². The van der Waals surface area contributed by atoms with E-state index in [0.29, 0.717) is 26.5 Å². The van der Waals surface area contributed by atoms with Crippen LogP contribution in [0.15, 0.2) is 42.6 Å². The number of aromatic nitrogens is 1. The average molecular weight is 335 g/mol. The van der Waals surface area contributed by atoms with E-state index in [0.717, 1.165) is 5.69 Å². The maximum Gasteiger partial charge on any atom is 0.265 e. The molecule has 0 aliphatic heterocycles. The molecule has 2 aromatic heterocycles. The lowest BCUT2D eigenvalue weighted by molar-refractivity contribution is 0.0788. The number of nitrogens with zero attached hydrogens (tertiary/aromatic N) is 2. The minimum atomic E-state index is -0.341. The number of thiophene rings is 1. The number of hydrogen-bond donors (Lipinski definition) is 0. The molecule has 112 valence electrons. The van der Waals surface area contributed by atoms with Gasteiger partial charge in [0.25, 0.3) is 5.91 Å². The van der Waals surface area contributed by atoms with Gasteiger partial charge < -0.3 is 4.90 Å². The molecule has 0 bridgehead atoms. The summed E-state index contributed by atoms with van der Waals surface area (Å²) in [7, 11) is 1.69. The van der Waals surface area contributed by atoms with Crippen molar-refractivity contribution in [1.29, 1.82) is 0 Å². The van der Waals surface area contributed by atoms with E-state index in [-0.39, 0.29) is 11.7 Å². The van der Waals surface area contributed by atoms with Gasteiger partial charge in [-0.05, 0) is 30.3 Å². The first-order chi connectivity index (χ1) is 10.6. The van der Waals surface area contributed by atoms with E-state index in [1.54, 1.807) is 24.2 Å². The molecule has 0 spiro atoms. The van der Waals surface area contributed by atoms with Crippen molar-refractivity contribution in [1.82, 2.24) is 9.88 Å². The van der Waals surface area contributed by atoms with Crippen molar-refractivity contribution in [3.8, 4) is 0 Å². The minimum absolute atomic E-state index is 0.197. The van der Waals surface area contributed by atoms with Crippen molar-refractivity contribution in [2.24, 2.45) is 0 Å². The largest absolute Gasteiger partial charge is 0.335 e. The number of hydrogen-bond acceptors (Lipinski definition) is 3. The lowest BCUT2D eigenvalue weighted by Gasteiger charge is -2.15. The Kier molecular flexibility index (Phi) is 4.09. The van der Waals surface area contributed by atoms with Crippen LogP contribution in [0.2, 0.25) is 5.02 Å². The van der Waals surface area contributed by atoms with E-state index < -0.39 is 0 Å². The molecule has 3 nitrogen and oxygen atoms in total. The number of halogens is 2. The number of benzene rings is 1. The first-order valence-corrected chi connectivity index (χ1v) is 7.78. The van der Waals surface area contributed by atoms with Gasteiger partial charge in [-0.2, -0.15) is 0 Å². The fourth-order valence-electron chi connectivity index (χ4n) is 2.16. The Morgan fingerprint density at radius 3 is 2.91 bits per heavy atom. The van der Waals surface area contributed by atoms with Gasteiger partial charge in [0.05, 0.1) is 17.3 Å². The van der Waals surface area contributed by atoms with Gasteiger partial charge in [-0.3, -0.25) is 9.78 Å². The van der Waals surface area contributed by atoms with E-state index in [9.17, 15) is 9.18 Å². The van der Waals surface area contributed by atoms with Crippen molar-refractivity contribution in [2.45, 2.75) is 6.54 Å². The molecular weight excluding hydrogens is 323 g/mol. The summed E-state index contributed by atoms with van der Waals surface area (Å²) in [6.45, 7) is 0.388. The smallest absolute Gasteiger partial charge is 0.265 e. The Balaban J connectivity index is 1.90. The summed E-state index contributed by atoms with van der Waals surface area (Å²) < 4.78 is 14.0. The van der Waals surface area contributed by atoms with Crippen LogP contribution in [0.1, 0.15) is 15.4 Å². The van der Waals surface area contributed by atoms with Crippen molar-refractivity contribution in [3.05, 3.63) is 64.0 Å². The highest BCUT2D eigenvalue weighted by atomic mass is 35.5. The molecule has 1 amide bonds. The highest BCUT2D eigenvalue weighted by molar-refractivity contribution is 7.21. The number of rotatable bonds is 3. The Bertz CT molecular complexity index is 835. The third kappa shape index (κ3) is 2.82. The molecular formula is C16H12ClFN2OS. The van der Waals surface area contributed by atoms with Crippen LogP contribution >= 0.6 is 22.9 Å². The Labute approximate surface area is 136 Å². The van der Waals surface area contributed by atoms with Crippen LogP contribution < -0.4 is 0 Å². The molecule has 0 radical (unpaired) electrons. The Morgan fingerprint density at radius 1 is 1.36 bits per heavy atom. The van der Waals surface area contributed by atoms with Crippen LogP contribution in [0.3, 0.4) is 0 Å². The molecule has 0 saturated carbocycles. The van der Waals surface area contributed by atoms with Gasteiger partial charge >= 0.3 is 0 Å². The summed E-state index contributed by atoms with van der Waals surface area (Å²) in [5.41, 5.74) is 0.793. The third-order valence-electron chi connectivity index (χ3n) is 3.26. The van der Waals surface area contributed by atoms with Gasteiger partial charge in [0.1, 0.15) is 10.7 Å². The second-order valence-electron chi connectivity index (χ2n) is 4.87. The number of amides is 1. The molecule has 6 heteroatoms. The zero-order chi connectivity index (χ0) is 15.7. The highest BCUT2D eigenvalue weighted by Gasteiger charge is 2.21. The van der Waals surface area contributed by atoms with Crippen molar-refractivity contribution in [3.63, 3.8) is 0 Å². The van der Waals surface area contributed by atoms with E-state index in [4.69, 9.17) is 11.6 Å². The molecule has 1 aromatic carbocycles. The molecule has 3 rings (SSSR count). The quantitative estimate of drug-likeness (QED) is 0.713. The molecule has 0 aliphatic carbocycles. The maximum absolute atomic E-state index is 13.3.